The molecule has 13 heteroatoms. The first-order valence-corrected chi connectivity index (χ1v) is 22.0. The van der Waals surface area contributed by atoms with Crippen molar-refractivity contribution in [2.24, 2.45) is 0 Å². The predicted molar refractivity (Wildman–Crippen MR) is 237 cm³/mol. The third kappa shape index (κ3) is 10.5. The van der Waals surface area contributed by atoms with Crippen LogP contribution in [0.2, 0.25) is 0 Å². The van der Waals surface area contributed by atoms with E-state index >= 15 is 0 Å². The van der Waals surface area contributed by atoms with Crippen molar-refractivity contribution < 1.29 is 22.6 Å². The van der Waals surface area contributed by atoms with Crippen molar-refractivity contribution in [3.8, 4) is 22.5 Å². The van der Waals surface area contributed by atoms with Gasteiger partial charge in [0.15, 0.2) is 0 Å². The molecule has 10 nitrogen and oxygen atoms in total. The summed E-state index contributed by atoms with van der Waals surface area (Å²) in [6.45, 7) is 14.8. The quantitative estimate of drug-likeness (QED) is 0.213. The molecule has 0 saturated carbocycles. The van der Waals surface area contributed by atoms with E-state index in [1.807, 2.05) is 12.4 Å². The van der Waals surface area contributed by atoms with Crippen molar-refractivity contribution in [3.05, 3.63) is 106 Å². The number of aromatic nitrogens is 2. The van der Waals surface area contributed by atoms with E-state index in [4.69, 9.17) is 14.5 Å². The van der Waals surface area contributed by atoms with Gasteiger partial charge in [0.05, 0.1) is 44.4 Å². The zero-order valence-electron chi connectivity index (χ0n) is 35.0. The smallest absolute Gasteiger partial charge is 0.379 e. The molecule has 4 saturated heterocycles. The molecule has 4 aromatic rings. The first kappa shape index (κ1) is 41.7. The topological polar surface area (TPSA) is 72.5 Å². The average Bonchev–Trinajstić information content (AvgIpc) is 3.91. The van der Waals surface area contributed by atoms with Crippen LogP contribution in [0.25, 0.3) is 34.7 Å². The lowest BCUT2D eigenvalue weighted by Crippen LogP contribution is -2.49. The van der Waals surface area contributed by atoms with Crippen molar-refractivity contribution in [2.45, 2.75) is 19.0 Å². The van der Waals surface area contributed by atoms with Crippen LogP contribution in [0.5, 0.6) is 0 Å². The average molecular weight is 835 g/mol. The number of halogens is 3. The molecule has 0 radical (unpaired) electrons. The molecular formula is C48H57F3N8O2. The maximum absolute atomic E-state index is 12.6. The van der Waals surface area contributed by atoms with Gasteiger partial charge in [-0.1, -0.05) is 47.6 Å². The van der Waals surface area contributed by atoms with Crippen molar-refractivity contribution in [1.29, 1.82) is 0 Å². The highest BCUT2D eigenvalue weighted by molar-refractivity contribution is 5.80. The van der Waals surface area contributed by atoms with Gasteiger partial charge in [0.2, 0.25) is 0 Å². The van der Waals surface area contributed by atoms with Crippen LogP contribution >= 0.6 is 0 Å². The highest BCUT2D eigenvalue weighted by Crippen LogP contribution is 2.35. The van der Waals surface area contributed by atoms with E-state index in [-0.39, 0.29) is 0 Å². The highest BCUT2D eigenvalue weighted by atomic mass is 19.4. The van der Waals surface area contributed by atoms with Crippen LogP contribution in [0, 0.1) is 0 Å². The zero-order valence-corrected chi connectivity index (χ0v) is 35.0. The Labute approximate surface area is 357 Å². The van der Waals surface area contributed by atoms with E-state index in [0.717, 1.165) is 127 Å². The summed E-state index contributed by atoms with van der Waals surface area (Å²) in [6.07, 6.45) is 6.38. The van der Waals surface area contributed by atoms with Crippen LogP contribution in [-0.4, -0.2) is 155 Å². The largest absolute Gasteiger partial charge is 0.401 e. The molecule has 6 heterocycles. The Hall–Kier alpha value is -4.63. The molecule has 0 bridgehead atoms. The van der Waals surface area contributed by atoms with Crippen LogP contribution in [0.3, 0.4) is 0 Å². The minimum Gasteiger partial charge on any atom is -0.379 e. The molecule has 0 unspecified atom stereocenters. The molecule has 2 aromatic carbocycles. The SMILES string of the molecule is C1=C(CN2CCOCC2)Cc2ccnc(-c3ccc(N4CCNCC4)cc3)c21.FC(F)(F)CN1CCN(c2ccc(-c3nccc4c3C=C(CN3CCOCC3)C4)cc2)CC1. The maximum Gasteiger partial charge on any atom is 0.401 e. The number of nitrogens with one attached hydrogen (secondary N) is 1. The molecule has 2 aliphatic carbocycles. The number of rotatable bonds is 9. The lowest BCUT2D eigenvalue weighted by molar-refractivity contribution is -0.146. The lowest BCUT2D eigenvalue weighted by atomic mass is 10.0. The van der Waals surface area contributed by atoms with Crippen molar-refractivity contribution in [2.75, 3.05) is 134 Å². The number of hydrogen-bond acceptors (Lipinski definition) is 10. The number of hydrogen-bond donors (Lipinski definition) is 1. The van der Waals surface area contributed by atoms with Crippen LogP contribution in [0.1, 0.15) is 22.3 Å². The summed E-state index contributed by atoms with van der Waals surface area (Å²) in [5.74, 6) is 0. The molecule has 61 heavy (non-hydrogen) atoms. The normalized spacial score (nSPS) is 20.1. The molecule has 0 amide bonds. The van der Waals surface area contributed by atoms with Crippen molar-refractivity contribution in [3.63, 3.8) is 0 Å². The van der Waals surface area contributed by atoms with Gasteiger partial charge in [-0.2, -0.15) is 13.2 Å². The third-order valence-corrected chi connectivity index (χ3v) is 12.7. The Morgan fingerprint density at radius 3 is 1.41 bits per heavy atom. The fourth-order valence-corrected chi connectivity index (χ4v) is 9.41. The van der Waals surface area contributed by atoms with E-state index in [1.165, 1.54) is 49.6 Å². The van der Waals surface area contributed by atoms with E-state index in [1.54, 1.807) is 0 Å². The number of piperazine rings is 2. The molecule has 4 fully saturated rings. The molecule has 4 aliphatic heterocycles. The zero-order chi connectivity index (χ0) is 41.6. The predicted octanol–water partition coefficient (Wildman–Crippen LogP) is 6.13. The summed E-state index contributed by atoms with van der Waals surface area (Å²) in [6, 6.07) is 21.5. The second-order valence-corrected chi connectivity index (χ2v) is 16.9. The molecule has 6 aliphatic rings. The minimum atomic E-state index is -4.14. The number of morpholine rings is 2. The van der Waals surface area contributed by atoms with Crippen LogP contribution in [0.15, 0.2) is 84.2 Å². The van der Waals surface area contributed by atoms with Crippen molar-refractivity contribution in [1.82, 2.24) is 30.0 Å². The Kier molecular flexibility index (Phi) is 13.1. The summed E-state index contributed by atoms with van der Waals surface area (Å²) < 4.78 is 48.8. The third-order valence-electron chi connectivity index (χ3n) is 12.7. The van der Waals surface area contributed by atoms with Gasteiger partial charge >= 0.3 is 6.18 Å². The van der Waals surface area contributed by atoms with Crippen LogP contribution in [0.4, 0.5) is 24.5 Å². The van der Waals surface area contributed by atoms with Gasteiger partial charge < -0.3 is 24.6 Å². The molecule has 322 valence electrons. The second-order valence-electron chi connectivity index (χ2n) is 16.9. The first-order valence-electron chi connectivity index (χ1n) is 22.0. The number of pyridine rings is 2. The summed E-state index contributed by atoms with van der Waals surface area (Å²) in [5.41, 5.74) is 14.9. The van der Waals surface area contributed by atoms with Crippen LogP contribution < -0.4 is 15.1 Å². The maximum atomic E-state index is 12.6. The van der Waals surface area contributed by atoms with Gasteiger partial charge in [-0.25, -0.2) is 0 Å². The summed E-state index contributed by atoms with van der Waals surface area (Å²) in [4.78, 5) is 20.4. The molecule has 1 N–H and O–H groups in total. The molecule has 0 spiro atoms. The monoisotopic (exact) mass is 834 g/mol. The Morgan fingerprint density at radius 1 is 0.525 bits per heavy atom. The van der Waals surface area contributed by atoms with E-state index < -0.39 is 12.7 Å². The molecule has 10 rings (SSSR count). The number of fused-ring (bicyclic) bond motifs is 2. The summed E-state index contributed by atoms with van der Waals surface area (Å²) in [5, 5.41) is 3.41. The van der Waals surface area contributed by atoms with E-state index in [0.29, 0.717) is 26.2 Å². The number of alkyl halides is 3. The number of benzene rings is 2. The standard InChI is InChI=1S/C25H29F3N4O.C23H28N4O/c26-25(27,28)18-31-7-9-32(10-8-31)22-3-1-20(2-4-22)24-23-16-19(15-21(23)5-6-29-24)17-30-11-13-33-14-12-30;1-3-21(27-9-7-24-8-10-27)4-2-19(1)23-22-16-18(15-20(22)5-6-25-23)17-26-11-13-28-14-12-26/h1-6,16H,7-15,17-18H2;1-6,16,24H,7-15,17H2. The number of nitrogens with zero attached hydrogens (tertiary/aromatic N) is 7. The van der Waals surface area contributed by atoms with Gasteiger partial charge in [0.1, 0.15) is 0 Å². The fourth-order valence-electron chi connectivity index (χ4n) is 9.41. The van der Waals surface area contributed by atoms with E-state index in [9.17, 15) is 13.2 Å². The Morgan fingerprint density at radius 2 is 0.967 bits per heavy atom. The molecule has 0 atom stereocenters. The van der Waals surface area contributed by atoms with Gasteiger partial charge in [0, 0.05) is 138 Å². The number of ether oxygens (including phenoxy) is 2. The Balaban J connectivity index is 0.000000158. The second kappa shape index (κ2) is 19.2. The van der Waals surface area contributed by atoms with Gasteiger partial charge in [-0.05, 0) is 60.4 Å². The van der Waals surface area contributed by atoms with Gasteiger partial charge in [-0.3, -0.25) is 24.7 Å². The lowest BCUT2D eigenvalue weighted by Gasteiger charge is -2.36. The summed E-state index contributed by atoms with van der Waals surface area (Å²) in [7, 11) is 0. The summed E-state index contributed by atoms with van der Waals surface area (Å²) >= 11 is 0. The number of anilines is 2. The first-order chi connectivity index (χ1) is 29.8. The highest BCUT2D eigenvalue weighted by Gasteiger charge is 2.32. The van der Waals surface area contributed by atoms with Gasteiger partial charge in [-0.15, -0.1) is 0 Å². The van der Waals surface area contributed by atoms with Crippen LogP contribution in [-0.2, 0) is 22.3 Å². The van der Waals surface area contributed by atoms with Crippen molar-refractivity contribution >= 4 is 23.5 Å². The molecular weight excluding hydrogens is 778 g/mol. The Bertz CT molecular complexity index is 2150. The minimum absolute atomic E-state index is 0.422. The van der Waals surface area contributed by atoms with Gasteiger partial charge in [0.25, 0.3) is 0 Å². The van der Waals surface area contributed by atoms with E-state index in [2.05, 4.69) is 103 Å². The fraction of sp³-hybridized carbons (Fsp3) is 0.458. The molecule has 2 aromatic heterocycles.